The molecule has 1 nitrogen and oxygen atoms in total. The third-order valence-corrected chi connectivity index (χ3v) is 4.71. The Morgan fingerprint density at radius 2 is 1.80 bits per heavy atom. The minimum atomic E-state index is 0.933. The summed E-state index contributed by atoms with van der Waals surface area (Å²) >= 11 is 0. The Bertz CT molecular complexity index is 188. The maximum Gasteiger partial charge on any atom is 0.00983 e. The molecule has 2 heterocycles. The van der Waals surface area contributed by atoms with E-state index in [9.17, 15) is 0 Å². The van der Waals surface area contributed by atoms with Crippen LogP contribution < -0.4 is 0 Å². The van der Waals surface area contributed by atoms with Gasteiger partial charge < -0.3 is 4.90 Å². The van der Waals surface area contributed by atoms with Crippen LogP contribution in [0.2, 0.25) is 0 Å². The van der Waals surface area contributed by atoms with Gasteiger partial charge in [-0.05, 0) is 51.0 Å². The number of hydrogen-bond acceptors (Lipinski definition) is 1. The van der Waals surface area contributed by atoms with Crippen LogP contribution in [0.3, 0.4) is 0 Å². The smallest absolute Gasteiger partial charge is 0.00983 e. The van der Waals surface area contributed by atoms with Crippen LogP contribution in [0.4, 0.5) is 0 Å². The zero-order valence-electron chi connectivity index (χ0n) is 10.7. The molecule has 3 atom stereocenters. The molecular formula is C14H27N. The highest BCUT2D eigenvalue weighted by Gasteiger charge is 2.38. The van der Waals surface area contributed by atoms with Crippen LogP contribution in [-0.2, 0) is 0 Å². The van der Waals surface area contributed by atoms with Crippen molar-refractivity contribution in [1.82, 2.24) is 4.90 Å². The Labute approximate surface area is 95.2 Å². The van der Waals surface area contributed by atoms with Crippen molar-refractivity contribution in [3.8, 4) is 0 Å². The molecule has 88 valence electrons. The van der Waals surface area contributed by atoms with Gasteiger partial charge in [0.05, 0.1) is 0 Å². The molecule has 0 amide bonds. The summed E-state index contributed by atoms with van der Waals surface area (Å²) in [6, 6.07) is 1.87. The highest BCUT2D eigenvalue weighted by molar-refractivity contribution is 4.93. The van der Waals surface area contributed by atoms with E-state index in [2.05, 4.69) is 25.8 Å². The van der Waals surface area contributed by atoms with E-state index in [0.717, 1.165) is 23.9 Å². The second-order valence-electron chi connectivity index (χ2n) is 6.02. The minimum absolute atomic E-state index is 0.933. The zero-order chi connectivity index (χ0) is 10.8. The number of piperidine rings is 1. The van der Waals surface area contributed by atoms with Gasteiger partial charge >= 0.3 is 0 Å². The summed E-state index contributed by atoms with van der Waals surface area (Å²) in [7, 11) is 2.34. The van der Waals surface area contributed by atoms with Crippen molar-refractivity contribution in [1.29, 1.82) is 0 Å². The largest absolute Gasteiger partial charge is 0.300 e. The Hall–Kier alpha value is -0.0400. The number of nitrogens with zero attached hydrogens (tertiary/aromatic N) is 1. The molecular weight excluding hydrogens is 182 g/mol. The average molecular weight is 209 g/mol. The fraction of sp³-hybridized carbons (Fsp3) is 1.00. The maximum absolute atomic E-state index is 2.65. The maximum atomic E-state index is 2.65. The van der Waals surface area contributed by atoms with Gasteiger partial charge in [0.2, 0.25) is 0 Å². The van der Waals surface area contributed by atoms with Gasteiger partial charge in [0, 0.05) is 12.1 Å². The summed E-state index contributed by atoms with van der Waals surface area (Å²) in [6.07, 6.45) is 10.2. The quantitative estimate of drug-likeness (QED) is 0.682. The van der Waals surface area contributed by atoms with Crippen molar-refractivity contribution in [3.05, 3.63) is 0 Å². The van der Waals surface area contributed by atoms with E-state index < -0.39 is 0 Å². The molecule has 0 saturated carbocycles. The van der Waals surface area contributed by atoms with E-state index in [1.165, 1.54) is 44.9 Å². The predicted octanol–water partition coefficient (Wildman–Crippen LogP) is 3.69. The zero-order valence-corrected chi connectivity index (χ0v) is 10.7. The van der Waals surface area contributed by atoms with Crippen LogP contribution in [0.15, 0.2) is 0 Å². The van der Waals surface area contributed by atoms with Gasteiger partial charge in [-0.25, -0.2) is 0 Å². The fourth-order valence-corrected chi connectivity index (χ4v) is 3.90. The molecule has 0 N–H and O–H groups in total. The second kappa shape index (κ2) is 4.86. The van der Waals surface area contributed by atoms with E-state index in [4.69, 9.17) is 0 Å². The van der Waals surface area contributed by atoms with Crippen molar-refractivity contribution in [3.63, 3.8) is 0 Å². The molecule has 2 rings (SSSR count). The Morgan fingerprint density at radius 3 is 2.33 bits per heavy atom. The fourth-order valence-electron chi connectivity index (χ4n) is 3.90. The lowest BCUT2D eigenvalue weighted by Gasteiger charge is -2.37. The van der Waals surface area contributed by atoms with Gasteiger partial charge in [0.25, 0.3) is 0 Å². The van der Waals surface area contributed by atoms with Gasteiger partial charge in [-0.2, -0.15) is 0 Å². The Morgan fingerprint density at radius 1 is 1.20 bits per heavy atom. The van der Waals surface area contributed by atoms with Gasteiger partial charge in [0.1, 0.15) is 0 Å². The molecule has 0 radical (unpaired) electrons. The third kappa shape index (κ3) is 2.55. The molecule has 2 bridgehead atoms. The van der Waals surface area contributed by atoms with Crippen molar-refractivity contribution < 1.29 is 0 Å². The molecule has 2 fully saturated rings. The van der Waals surface area contributed by atoms with Crippen molar-refractivity contribution >= 4 is 0 Å². The van der Waals surface area contributed by atoms with E-state index in [1.54, 1.807) is 0 Å². The van der Waals surface area contributed by atoms with Crippen LogP contribution in [0.5, 0.6) is 0 Å². The van der Waals surface area contributed by atoms with Crippen molar-refractivity contribution in [2.75, 3.05) is 7.05 Å². The first-order valence-electron chi connectivity index (χ1n) is 6.92. The van der Waals surface area contributed by atoms with Gasteiger partial charge in [-0.15, -0.1) is 0 Å². The lowest BCUT2D eigenvalue weighted by Crippen LogP contribution is -2.40. The lowest BCUT2D eigenvalue weighted by molar-refractivity contribution is 0.120. The molecule has 2 saturated heterocycles. The molecule has 2 aliphatic heterocycles. The standard InChI is InChI=1S/C14H27N/c1-4-5-11(2)8-12-9-13-6-7-14(10-12)15(13)3/h11-14H,4-10H2,1-3H3. The summed E-state index contributed by atoms with van der Waals surface area (Å²) < 4.78 is 0. The number of fused-ring (bicyclic) bond motifs is 2. The Kier molecular flexibility index (Phi) is 3.71. The van der Waals surface area contributed by atoms with Crippen LogP contribution in [0.25, 0.3) is 0 Å². The molecule has 0 aromatic carbocycles. The molecule has 3 unspecified atom stereocenters. The average Bonchev–Trinajstić information content (AvgIpc) is 2.43. The summed E-state index contributed by atoms with van der Waals surface area (Å²) in [5.41, 5.74) is 0. The summed E-state index contributed by atoms with van der Waals surface area (Å²) in [5.74, 6) is 2.00. The minimum Gasteiger partial charge on any atom is -0.300 e. The number of hydrogen-bond donors (Lipinski definition) is 0. The van der Waals surface area contributed by atoms with Crippen LogP contribution in [0, 0.1) is 11.8 Å². The van der Waals surface area contributed by atoms with Crippen molar-refractivity contribution in [2.45, 2.75) is 70.9 Å². The molecule has 15 heavy (non-hydrogen) atoms. The topological polar surface area (TPSA) is 3.24 Å². The van der Waals surface area contributed by atoms with Crippen molar-refractivity contribution in [2.24, 2.45) is 11.8 Å². The first-order valence-corrected chi connectivity index (χ1v) is 6.92. The van der Waals surface area contributed by atoms with Crippen LogP contribution in [0.1, 0.15) is 58.8 Å². The van der Waals surface area contributed by atoms with Crippen LogP contribution >= 0.6 is 0 Å². The molecule has 1 heteroatoms. The first kappa shape index (κ1) is 11.4. The van der Waals surface area contributed by atoms with E-state index in [1.807, 2.05) is 0 Å². The first-order chi connectivity index (χ1) is 7.20. The lowest BCUT2D eigenvalue weighted by atomic mass is 9.83. The van der Waals surface area contributed by atoms with E-state index >= 15 is 0 Å². The Balaban J connectivity index is 1.81. The second-order valence-corrected chi connectivity index (χ2v) is 6.02. The molecule has 0 aromatic rings. The summed E-state index contributed by atoms with van der Waals surface area (Å²) in [5, 5.41) is 0. The predicted molar refractivity (Wildman–Crippen MR) is 66.0 cm³/mol. The van der Waals surface area contributed by atoms with Gasteiger partial charge in [-0.3, -0.25) is 0 Å². The van der Waals surface area contributed by atoms with Gasteiger partial charge in [0.15, 0.2) is 0 Å². The van der Waals surface area contributed by atoms with E-state index in [0.29, 0.717) is 0 Å². The summed E-state index contributed by atoms with van der Waals surface area (Å²) in [6.45, 7) is 4.76. The monoisotopic (exact) mass is 209 g/mol. The molecule has 2 aliphatic rings. The molecule has 0 aliphatic carbocycles. The van der Waals surface area contributed by atoms with Crippen LogP contribution in [-0.4, -0.2) is 24.0 Å². The van der Waals surface area contributed by atoms with E-state index in [-0.39, 0.29) is 0 Å². The van der Waals surface area contributed by atoms with Gasteiger partial charge in [-0.1, -0.05) is 26.7 Å². The SMILES string of the molecule is CCCC(C)CC1CC2CCC(C1)N2C. The third-order valence-electron chi connectivity index (χ3n) is 4.71. The number of rotatable bonds is 4. The molecule has 0 spiro atoms. The highest BCUT2D eigenvalue weighted by atomic mass is 15.2. The summed E-state index contributed by atoms with van der Waals surface area (Å²) in [4.78, 5) is 2.65. The normalized spacial score (nSPS) is 38.2. The highest BCUT2D eigenvalue weighted by Crippen LogP contribution is 2.40. The molecule has 0 aromatic heterocycles.